The smallest absolute Gasteiger partial charge is 0.0798 e. The Balaban J connectivity index is 0.000000146. The van der Waals surface area contributed by atoms with Crippen molar-refractivity contribution in [2.45, 2.75) is 106 Å². The van der Waals surface area contributed by atoms with Crippen molar-refractivity contribution in [1.29, 1.82) is 0 Å². The summed E-state index contributed by atoms with van der Waals surface area (Å²) in [6.45, 7) is 36.0. The van der Waals surface area contributed by atoms with Gasteiger partial charge in [0.2, 0.25) is 0 Å². The quantitative estimate of drug-likeness (QED) is 0.0947. The second-order valence-corrected chi connectivity index (χ2v) is 52.9. The molecule has 1 aliphatic rings. The van der Waals surface area contributed by atoms with E-state index in [0.29, 0.717) is 0 Å². The molecule has 0 saturated carbocycles. The molecular formula is C106H100Ir3N8Si4-6. The maximum Gasteiger partial charge on any atom is 0.0798 e. The van der Waals surface area contributed by atoms with E-state index in [9.17, 15) is 0 Å². The minimum Gasteiger partial charge on any atom is -0.381 e. The summed E-state index contributed by atoms with van der Waals surface area (Å²) in [6, 6.07) is 118. The van der Waals surface area contributed by atoms with Crippen LogP contribution in [0.25, 0.3) is 128 Å². The molecule has 0 bridgehead atoms. The van der Waals surface area contributed by atoms with Crippen LogP contribution in [-0.2, 0) is 66.9 Å². The predicted molar refractivity (Wildman–Crippen MR) is 509 cm³/mol. The van der Waals surface area contributed by atoms with E-state index in [-0.39, 0.29) is 60.3 Å². The topological polar surface area (TPSA) is 87.2 Å². The Bertz CT molecular complexity index is 6180. The third-order valence-corrected chi connectivity index (χ3v) is 31.7. The molecule has 8 aromatic heterocycles. The van der Waals surface area contributed by atoms with Gasteiger partial charge in [0, 0.05) is 121 Å². The molecular weight excluding hydrogens is 2070 g/mol. The van der Waals surface area contributed by atoms with Gasteiger partial charge < -0.3 is 39.0 Å². The summed E-state index contributed by atoms with van der Waals surface area (Å²) in [7, 11) is -5.70. The fourth-order valence-electron chi connectivity index (χ4n) is 15.9. The van der Waals surface area contributed by atoms with Crippen LogP contribution in [0.5, 0.6) is 0 Å². The fourth-order valence-corrected chi connectivity index (χ4v) is 24.0. The number of hydrogen-bond acceptors (Lipinski definition) is 6. The largest absolute Gasteiger partial charge is 0.381 e. The van der Waals surface area contributed by atoms with Gasteiger partial charge in [-0.1, -0.05) is 244 Å². The summed E-state index contributed by atoms with van der Waals surface area (Å²) < 4.78 is 4.68. The maximum absolute atomic E-state index is 4.82. The van der Waals surface area contributed by atoms with E-state index in [2.05, 4.69) is 337 Å². The predicted octanol–water partition coefficient (Wildman–Crippen LogP) is 23.9. The number of fused-ring (bicyclic) bond motifs is 9. The van der Waals surface area contributed by atoms with Crippen LogP contribution in [0.1, 0.15) is 23.6 Å². The van der Waals surface area contributed by atoms with Gasteiger partial charge in [-0.05, 0) is 147 Å². The molecule has 0 saturated heterocycles. The number of rotatable bonds is 11. The molecule has 0 aliphatic carbocycles. The normalized spacial score (nSPS) is 11.7. The number of aromatic nitrogens is 8. The van der Waals surface area contributed by atoms with Crippen molar-refractivity contribution in [3.05, 3.63) is 375 Å². The minimum atomic E-state index is -1.60. The zero-order valence-corrected chi connectivity index (χ0v) is 82.6. The van der Waals surface area contributed by atoms with Crippen LogP contribution in [0.4, 0.5) is 0 Å². The molecule has 9 heterocycles. The molecule has 1 aliphatic heterocycles. The van der Waals surface area contributed by atoms with Gasteiger partial charge in [0.25, 0.3) is 0 Å². The third-order valence-electron chi connectivity index (χ3n) is 21.7. The molecule has 19 rings (SSSR count). The first-order chi connectivity index (χ1) is 56.9. The molecule has 15 heteroatoms. The van der Waals surface area contributed by atoms with E-state index in [1.165, 1.54) is 97.9 Å². The molecule has 0 N–H and O–H groups in total. The Morgan fingerprint density at radius 2 is 0.678 bits per heavy atom. The first-order valence-electron chi connectivity index (χ1n) is 40.6. The molecule has 121 heavy (non-hydrogen) atoms. The van der Waals surface area contributed by atoms with Gasteiger partial charge >= 0.3 is 0 Å². The van der Waals surface area contributed by atoms with E-state index in [1.807, 2.05) is 127 Å². The van der Waals surface area contributed by atoms with Crippen LogP contribution in [0.15, 0.2) is 322 Å². The van der Waals surface area contributed by atoms with Crippen molar-refractivity contribution in [2.24, 2.45) is 0 Å². The van der Waals surface area contributed by atoms with Gasteiger partial charge in [-0.25, -0.2) is 0 Å². The molecule has 10 aromatic carbocycles. The van der Waals surface area contributed by atoms with Crippen molar-refractivity contribution in [3.63, 3.8) is 0 Å². The Hall–Kier alpha value is -10.5. The Morgan fingerprint density at radius 3 is 1.09 bits per heavy atom. The van der Waals surface area contributed by atoms with Crippen molar-refractivity contribution in [3.8, 4) is 84.4 Å². The first-order valence-corrected chi connectivity index (χ1v) is 54.1. The van der Waals surface area contributed by atoms with E-state index in [4.69, 9.17) is 15.0 Å². The maximum atomic E-state index is 4.82. The summed E-state index contributed by atoms with van der Waals surface area (Å²) in [6.07, 6.45) is 11.6. The standard InChI is InChI=1S/C27H25N2Si.C23H25N2Si.C23H26NSi2.3C11H8N.3Ir/c1-19-16-24(28-18-27(19)30(2,3)4)20-14-15-26-23(17-20)22-12-8-9-13-25(22)29(26)21-10-6-5-7-11-21;1-6-25-21-10-8-7-9-18(21)19-14-17(11-12-22(19)25)20-13-16(2)23(15-24-20)26(3,4)5;1-16-13-20(24-15-23(16)25(2,3)4)17-11-12-22-19(14-17)18-9-7-8-10-21(18)26(22,5)6;3*1-2-6-10(7-3-1)11-8-4-5-9-12-11;;;/h5-13,15-18H,1-4H3;7-10,12-15H,6H2,1-5H3;7-10,12-15H,1-6H3;3*1-6,8-9H;;;/q6*-1;;;. The SMILES string of the molecule is CCn1c2c[c-]c(-c3cc(C)c([Si](C)(C)C)cn3)cc2c2ccccc21.Cc1cc(-c2[c-]cc3c(c2)-c2ccccc2[Si]3(C)C)ncc1[Si](C)(C)C.Cc1cc(-c2[c-]cc3c(c2)c2ccccc2n3-c2ccccc2)ncc1[Si](C)(C)C.[Ir].[Ir].[Ir].[c-]1ccccc1-c1ccccn1.[c-]1ccccc1-c1ccccn1.[c-]1ccccc1-c1ccccn1. The average Bonchev–Trinajstić information content (AvgIpc) is 1.58. The van der Waals surface area contributed by atoms with Gasteiger partial charge in [-0.2, -0.15) is 0 Å². The molecule has 0 fully saturated rings. The molecule has 8 nitrogen and oxygen atoms in total. The Kier molecular flexibility index (Phi) is 30.5. The monoisotopic (exact) mass is 2180 g/mol. The number of pyridine rings is 6. The number of benzene rings is 10. The van der Waals surface area contributed by atoms with E-state index in [1.54, 1.807) is 23.8 Å². The molecule has 0 spiro atoms. The zero-order chi connectivity index (χ0) is 82.7. The fraction of sp³-hybridized carbons (Fsp3) is 0.151. The van der Waals surface area contributed by atoms with Crippen LogP contribution < -0.4 is 25.9 Å². The van der Waals surface area contributed by atoms with Crippen molar-refractivity contribution < 1.29 is 60.3 Å². The molecule has 613 valence electrons. The third kappa shape index (κ3) is 21.2. The zero-order valence-electron chi connectivity index (χ0n) is 71.4. The van der Waals surface area contributed by atoms with Crippen LogP contribution in [0.2, 0.25) is 72.0 Å². The summed E-state index contributed by atoms with van der Waals surface area (Å²) in [5.41, 5.74) is 25.2. The summed E-state index contributed by atoms with van der Waals surface area (Å²) in [5.74, 6) is 0. The van der Waals surface area contributed by atoms with Gasteiger partial charge in [-0.15, -0.1) is 184 Å². The van der Waals surface area contributed by atoms with Crippen LogP contribution in [0, 0.1) is 57.2 Å². The van der Waals surface area contributed by atoms with Crippen LogP contribution in [-0.4, -0.2) is 71.3 Å². The second kappa shape index (κ2) is 40.5. The Morgan fingerprint density at radius 1 is 0.306 bits per heavy atom. The minimum absolute atomic E-state index is 0. The summed E-state index contributed by atoms with van der Waals surface area (Å²) >= 11 is 0. The first kappa shape index (κ1) is 91.3. The number of para-hydroxylation sites is 3. The second-order valence-electron chi connectivity index (χ2n) is 33.5. The number of hydrogen-bond donors (Lipinski definition) is 0. The molecule has 3 radical (unpaired) electrons. The van der Waals surface area contributed by atoms with E-state index >= 15 is 0 Å². The Labute approximate surface area is 760 Å². The van der Waals surface area contributed by atoms with Gasteiger partial charge in [-0.3, -0.25) is 0 Å². The van der Waals surface area contributed by atoms with E-state index < -0.39 is 32.3 Å². The van der Waals surface area contributed by atoms with Gasteiger partial charge in [0.05, 0.1) is 32.3 Å². The van der Waals surface area contributed by atoms with Crippen LogP contribution >= 0.6 is 0 Å². The van der Waals surface area contributed by atoms with Crippen molar-refractivity contribution in [1.82, 2.24) is 39.0 Å². The van der Waals surface area contributed by atoms with E-state index in [0.717, 1.165) is 74.1 Å². The summed E-state index contributed by atoms with van der Waals surface area (Å²) in [5, 5.41) is 12.4. The molecule has 0 amide bonds. The number of nitrogens with zero attached hydrogens (tertiary/aromatic N) is 8. The van der Waals surface area contributed by atoms with Crippen LogP contribution in [0.3, 0.4) is 0 Å². The molecule has 0 atom stereocenters. The molecule has 18 aromatic rings. The van der Waals surface area contributed by atoms with Gasteiger partial charge in [0.15, 0.2) is 0 Å². The summed E-state index contributed by atoms with van der Waals surface area (Å²) in [4.78, 5) is 27.1. The van der Waals surface area contributed by atoms with Crippen molar-refractivity contribution in [2.75, 3.05) is 0 Å². The van der Waals surface area contributed by atoms with Crippen molar-refractivity contribution >= 4 is 102 Å². The van der Waals surface area contributed by atoms with Gasteiger partial charge in [0.1, 0.15) is 0 Å². The molecule has 0 unspecified atom stereocenters. The number of aryl methyl sites for hydroxylation is 4. The average molecular weight is 2180 g/mol.